The highest BCUT2D eigenvalue weighted by molar-refractivity contribution is 5.87. The number of aromatic nitrogens is 2. The van der Waals surface area contributed by atoms with Gasteiger partial charge >= 0.3 is 5.97 Å². The summed E-state index contributed by atoms with van der Waals surface area (Å²) in [4.78, 5) is 10.9. The second-order valence-electron chi connectivity index (χ2n) is 4.90. The lowest BCUT2D eigenvalue weighted by molar-refractivity contribution is 0.0689. The molecule has 0 spiro atoms. The molecule has 100 valence electrons. The van der Waals surface area contributed by atoms with Crippen LogP contribution in [0.25, 0.3) is 11.3 Å². The number of carboxylic acids is 1. The van der Waals surface area contributed by atoms with Crippen molar-refractivity contribution in [3.8, 4) is 11.3 Å². The van der Waals surface area contributed by atoms with E-state index in [9.17, 15) is 9.18 Å². The third-order valence-corrected chi connectivity index (χ3v) is 2.94. The lowest BCUT2D eigenvalue weighted by Gasteiger charge is -2.15. The summed E-state index contributed by atoms with van der Waals surface area (Å²) in [6, 6.07) is 8.45. The van der Waals surface area contributed by atoms with E-state index in [0.717, 1.165) is 5.56 Å². The smallest absolute Gasteiger partial charge is 0.356 e. The zero-order valence-corrected chi connectivity index (χ0v) is 11.0. The summed E-state index contributed by atoms with van der Waals surface area (Å²) >= 11 is 0. The number of hydrogen-bond donors (Lipinski definition) is 1. The molecule has 19 heavy (non-hydrogen) atoms. The Morgan fingerprint density at radius 2 is 2.05 bits per heavy atom. The SMILES string of the molecule is Cn1nc(C(=O)O)cc1-c1cccc(C(C)(C)F)c1. The van der Waals surface area contributed by atoms with Crippen molar-refractivity contribution in [3.05, 3.63) is 41.6 Å². The van der Waals surface area contributed by atoms with Crippen molar-refractivity contribution in [1.82, 2.24) is 9.78 Å². The van der Waals surface area contributed by atoms with Gasteiger partial charge in [-0.3, -0.25) is 4.68 Å². The van der Waals surface area contributed by atoms with Gasteiger partial charge in [-0.15, -0.1) is 0 Å². The molecular formula is C14H15FN2O2. The van der Waals surface area contributed by atoms with E-state index in [1.807, 2.05) is 0 Å². The number of aromatic carboxylic acids is 1. The Hall–Kier alpha value is -2.17. The van der Waals surface area contributed by atoms with E-state index in [1.165, 1.54) is 24.6 Å². The first-order valence-corrected chi connectivity index (χ1v) is 5.86. The van der Waals surface area contributed by atoms with Crippen LogP contribution >= 0.6 is 0 Å². The molecule has 0 aliphatic rings. The molecule has 1 aromatic carbocycles. The molecule has 0 radical (unpaired) electrons. The number of hydrogen-bond acceptors (Lipinski definition) is 2. The molecular weight excluding hydrogens is 247 g/mol. The fourth-order valence-electron chi connectivity index (χ4n) is 1.89. The van der Waals surface area contributed by atoms with Crippen LogP contribution in [-0.2, 0) is 12.7 Å². The van der Waals surface area contributed by atoms with Crippen molar-refractivity contribution < 1.29 is 14.3 Å². The molecule has 0 bridgehead atoms. The van der Waals surface area contributed by atoms with Gasteiger partial charge in [-0.2, -0.15) is 5.10 Å². The van der Waals surface area contributed by atoms with Gasteiger partial charge < -0.3 is 5.11 Å². The van der Waals surface area contributed by atoms with Gasteiger partial charge in [-0.05, 0) is 31.5 Å². The molecule has 0 aliphatic heterocycles. The monoisotopic (exact) mass is 262 g/mol. The maximum atomic E-state index is 13.9. The zero-order valence-electron chi connectivity index (χ0n) is 11.0. The number of aryl methyl sites for hydroxylation is 1. The summed E-state index contributed by atoms with van der Waals surface area (Å²) in [6.45, 7) is 2.97. The molecule has 0 atom stereocenters. The minimum absolute atomic E-state index is 0.0255. The Kier molecular flexibility index (Phi) is 3.14. The summed E-state index contributed by atoms with van der Waals surface area (Å²) in [5.74, 6) is -1.08. The summed E-state index contributed by atoms with van der Waals surface area (Å²) in [5.41, 5.74) is 0.462. The maximum Gasteiger partial charge on any atom is 0.356 e. The Bertz CT molecular complexity index is 627. The number of carboxylic acid groups (broad SMARTS) is 1. The summed E-state index contributed by atoms with van der Waals surface area (Å²) in [6.07, 6.45) is 0. The molecule has 2 aromatic rings. The van der Waals surface area contributed by atoms with Crippen molar-refractivity contribution in [1.29, 1.82) is 0 Å². The van der Waals surface area contributed by atoms with Crippen molar-refractivity contribution in [2.24, 2.45) is 7.05 Å². The van der Waals surface area contributed by atoms with Crippen LogP contribution in [0, 0.1) is 0 Å². The zero-order chi connectivity index (χ0) is 14.2. The number of nitrogens with zero attached hydrogens (tertiary/aromatic N) is 2. The Morgan fingerprint density at radius 3 is 2.58 bits per heavy atom. The fraction of sp³-hybridized carbons (Fsp3) is 0.286. The molecule has 0 amide bonds. The molecule has 0 saturated carbocycles. The first-order valence-electron chi connectivity index (χ1n) is 5.86. The van der Waals surface area contributed by atoms with Crippen LogP contribution in [0.2, 0.25) is 0 Å². The molecule has 1 aromatic heterocycles. The van der Waals surface area contributed by atoms with E-state index in [2.05, 4.69) is 5.10 Å². The average molecular weight is 262 g/mol. The maximum absolute atomic E-state index is 13.9. The lowest BCUT2D eigenvalue weighted by Crippen LogP contribution is -2.08. The van der Waals surface area contributed by atoms with E-state index in [0.29, 0.717) is 11.3 Å². The Labute approximate surface area is 110 Å². The van der Waals surface area contributed by atoms with Crippen LogP contribution in [0.1, 0.15) is 29.9 Å². The predicted octanol–water partition coefficient (Wildman–Crippen LogP) is 2.99. The highest BCUT2D eigenvalue weighted by Gasteiger charge is 2.20. The molecule has 0 fully saturated rings. The van der Waals surface area contributed by atoms with Gasteiger partial charge in [0.15, 0.2) is 5.69 Å². The second-order valence-corrected chi connectivity index (χ2v) is 4.90. The van der Waals surface area contributed by atoms with Gasteiger partial charge in [0.1, 0.15) is 5.67 Å². The van der Waals surface area contributed by atoms with Gasteiger partial charge in [0.05, 0.1) is 5.69 Å². The summed E-state index contributed by atoms with van der Waals surface area (Å²) in [5, 5.41) is 12.8. The van der Waals surface area contributed by atoms with E-state index in [-0.39, 0.29) is 5.69 Å². The first kappa shape index (κ1) is 13.3. The molecule has 0 aliphatic carbocycles. The van der Waals surface area contributed by atoms with Crippen molar-refractivity contribution in [2.45, 2.75) is 19.5 Å². The van der Waals surface area contributed by atoms with Gasteiger partial charge in [-0.1, -0.05) is 18.2 Å². The average Bonchev–Trinajstić information content (AvgIpc) is 2.71. The summed E-state index contributed by atoms with van der Waals surface area (Å²) in [7, 11) is 1.66. The van der Waals surface area contributed by atoms with Crippen molar-refractivity contribution in [3.63, 3.8) is 0 Å². The predicted molar refractivity (Wildman–Crippen MR) is 69.7 cm³/mol. The molecule has 1 heterocycles. The quantitative estimate of drug-likeness (QED) is 0.925. The van der Waals surface area contributed by atoms with Gasteiger partial charge in [0.25, 0.3) is 0 Å². The number of alkyl halides is 1. The van der Waals surface area contributed by atoms with E-state index >= 15 is 0 Å². The molecule has 0 unspecified atom stereocenters. The minimum Gasteiger partial charge on any atom is -0.476 e. The fourth-order valence-corrected chi connectivity index (χ4v) is 1.89. The second kappa shape index (κ2) is 4.50. The van der Waals surface area contributed by atoms with Crippen LogP contribution in [-0.4, -0.2) is 20.9 Å². The Balaban J connectivity index is 2.50. The molecule has 5 heteroatoms. The minimum atomic E-state index is -1.44. The van der Waals surface area contributed by atoms with Gasteiger partial charge in [-0.25, -0.2) is 9.18 Å². The number of carbonyl (C=O) groups is 1. The van der Waals surface area contributed by atoms with Gasteiger partial charge in [0.2, 0.25) is 0 Å². The van der Waals surface area contributed by atoms with Crippen LogP contribution in [0.5, 0.6) is 0 Å². The van der Waals surface area contributed by atoms with Crippen molar-refractivity contribution in [2.75, 3.05) is 0 Å². The highest BCUT2D eigenvalue weighted by Crippen LogP contribution is 2.29. The topological polar surface area (TPSA) is 55.1 Å². The van der Waals surface area contributed by atoms with E-state index < -0.39 is 11.6 Å². The largest absolute Gasteiger partial charge is 0.476 e. The first-order chi connectivity index (χ1) is 8.79. The Morgan fingerprint density at radius 1 is 1.37 bits per heavy atom. The number of benzene rings is 1. The molecule has 0 saturated heterocycles. The molecule has 2 rings (SSSR count). The van der Waals surface area contributed by atoms with Gasteiger partial charge in [0, 0.05) is 12.6 Å². The van der Waals surface area contributed by atoms with E-state index in [1.54, 1.807) is 31.3 Å². The standard InChI is InChI=1S/C14H15FN2O2/c1-14(2,15)10-6-4-5-9(7-10)12-8-11(13(18)19)16-17(12)3/h4-8H,1-3H3,(H,18,19). The molecule has 4 nitrogen and oxygen atoms in total. The lowest BCUT2D eigenvalue weighted by atomic mass is 9.97. The van der Waals surface area contributed by atoms with E-state index in [4.69, 9.17) is 5.11 Å². The normalized spacial score (nSPS) is 11.6. The highest BCUT2D eigenvalue weighted by atomic mass is 19.1. The van der Waals surface area contributed by atoms with Crippen LogP contribution < -0.4 is 0 Å². The van der Waals surface area contributed by atoms with Crippen LogP contribution in [0.15, 0.2) is 30.3 Å². The molecule has 1 N–H and O–H groups in total. The van der Waals surface area contributed by atoms with Crippen LogP contribution in [0.4, 0.5) is 4.39 Å². The van der Waals surface area contributed by atoms with Crippen molar-refractivity contribution >= 4 is 5.97 Å². The number of rotatable bonds is 3. The van der Waals surface area contributed by atoms with Crippen LogP contribution in [0.3, 0.4) is 0 Å². The summed E-state index contributed by atoms with van der Waals surface area (Å²) < 4.78 is 15.4. The third kappa shape index (κ3) is 2.65. The third-order valence-electron chi connectivity index (χ3n) is 2.94. The number of halogens is 1.